The number of urea groups is 1. The minimum absolute atomic E-state index is 0.442. The fourth-order valence-electron chi connectivity index (χ4n) is 1.18. The van der Waals surface area contributed by atoms with Crippen molar-refractivity contribution in [2.24, 2.45) is 11.5 Å². The van der Waals surface area contributed by atoms with Crippen LogP contribution in [0, 0.1) is 0 Å². The number of nitrogens with two attached hydrogens (primary N) is 2. The molecule has 0 spiro atoms. The summed E-state index contributed by atoms with van der Waals surface area (Å²) in [5.74, 6) is -0.0604. The van der Waals surface area contributed by atoms with Gasteiger partial charge in [0.2, 0.25) is 0 Å². The van der Waals surface area contributed by atoms with Crippen molar-refractivity contribution < 1.29 is 14.3 Å². The lowest BCUT2D eigenvalue weighted by Gasteiger charge is -2.13. The van der Waals surface area contributed by atoms with E-state index < -0.39 is 18.0 Å². The van der Waals surface area contributed by atoms with Gasteiger partial charge < -0.3 is 16.2 Å². The number of primary amides is 1. The number of benzene rings is 1. The number of carbonyl (C=O) groups is 2. The normalized spacial score (nSPS) is 11.6. The molecule has 5 N–H and O–H groups in total. The molecule has 17 heavy (non-hydrogen) atoms. The highest BCUT2D eigenvalue weighted by Crippen LogP contribution is 2.13. The van der Waals surface area contributed by atoms with E-state index in [0.717, 1.165) is 5.56 Å². The molecule has 0 fully saturated rings. The predicted molar refractivity (Wildman–Crippen MR) is 62.1 cm³/mol. The van der Waals surface area contributed by atoms with Gasteiger partial charge in [-0.25, -0.2) is 4.79 Å². The van der Waals surface area contributed by atoms with Crippen LogP contribution in [-0.4, -0.2) is 18.0 Å². The zero-order chi connectivity index (χ0) is 12.8. The Balaban J connectivity index is 2.57. The maximum atomic E-state index is 11.3. The first-order valence-corrected chi connectivity index (χ1v) is 5.09. The summed E-state index contributed by atoms with van der Waals surface area (Å²) in [7, 11) is 0. The smallest absolute Gasteiger partial charge is 0.318 e. The molecule has 0 saturated carbocycles. The molecule has 0 aliphatic rings. The minimum atomic E-state index is -0.899. The molecule has 0 aliphatic heterocycles. The number of amides is 3. The molecule has 0 bridgehead atoms. The molecule has 0 aliphatic carbocycles. The molecule has 0 heterocycles. The molecular formula is C11H15N3O3. The van der Waals surface area contributed by atoms with Crippen LogP contribution in [0.15, 0.2) is 24.3 Å². The third-order valence-corrected chi connectivity index (χ3v) is 2.09. The largest absolute Gasteiger partial charge is 0.481 e. The molecule has 1 unspecified atom stereocenters. The quantitative estimate of drug-likeness (QED) is 0.690. The van der Waals surface area contributed by atoms with Crippen LogP contribution in [-0.2, 0) is 11.3 Å². The van der Waals surface area contributed by atoms with Gasteiger partial charge in [0, 0.05) is 6.54 Å². The summed E-state index contributed by atoms with van der Waals surface area (Å²) < 4.78 is 5.32. The Hall–Kier alpha value is -2.08. The highest BCUT2D eigenvalue weighted by atomic mass is 16.5. The Morgan fingerprint density at radius 1 is 1.35 bits per heavy atom. The van der Waals surface area contributed by atoms with Crippen molar-refractivity contribution in [1.82, 2.24) is 5.32 Å². The van der Waals surface area contributed by atoms with Gasteiger partial charge in [-0.15, -0.1) is 0 Å². The first-order chi connectivity index (χ1) is 8.02. The molecule has 0 radical (unpaired) electrons. The molecule has 1 rings (SSSR count). The molecule has 1 atom stereocenters. The average Bonchev–Trinajstić information content (AvgIpc) is 2.29. The van der Waals surface area contributed by atoms with Crippen LogP contribution in [0.5, 0.6) is 5.75 Å². The Kier molecular flexibility index (Phi) is 4.47. The Morgan fingerprint density at radius 3 is 2.41 bits per heavy atom. The topological polar surface area (TPSA) is 107 Å². The molecule has 3 amide bonds. The number of ether oxygens (including phenoxy) is 1. The van der Waals surface area contributed by atoms with Crippen molar-refractivity contribution in [1.29, 1.82) is 0 Å². The number of hydrogen-bond donors (Lipinski definition) is 3. The van der Waals surface area contributed by atoms with E-state index in [1.807, 2.05) is 5.32 Å². The summed E-state index contributed by atoms with van der Waals surface area (Å²) in [5, 5.41) is 1.94. The van der Waals surface area contributed by atoms with Gasteiger partial charge in [-0.1, -0.05) is 12.1 Å². The number of hydrogen-bond acceptors (Lipinski definition) is 4. The fraction of sp³-hybridized carbons (Fsp3) is 0.273. The van der Waals surface area contributed by atoms with Crippen molar-refractivity contribution in [2.75, 3.05) is 0 Å². The Morgan fingerprint density at radius 2 is 1.94 bits per heavy atom. The lowest BCUT2D eigenvalue weighted by atomic mass is 10.2. The second-order valence-corrected chi connectivity index (χ2v) is 3.46. The predicted octanol–water partition coefficient (Wildman–Crippen LogP) is 0.107. The summed E-state index contributed by atoms with van der Waals surface area (Å²) in [6.45, 7) is 1.97. The van der Waals surface area contributed by atoms with E-state index in [-0.39, 0.29) is 0 Å². The summed E-state index contributed by atoms with van der Waals surface area (Å²) in [5.41, 5.74) is 11.2. The van der Waals surface area contributed by atoms with E-state index >= 15 is 0 Å². The lowest BCUT2D eigenvalue weighted by molar-refractivity contribution is -0.126. The highest BCUT2D eigenvalue weighted by molar-refractivity contribution is 5.95. The van der Waals surface area contributed by atoms with Crippen LogP contribution in [0.1, 0.15) is 12.5 Å². The number of imide groups is 1. The van der Waals surface area contributed by atoms with E-state index in [9.17, 15) is 9.59 Å². The van der Waals surface area contributed by atoms with Crippen LogP contribution in [0.3, 0.4) is 0 Å². The third-order valence-electron chi connectivity index (χ3n) is 2.09. The van der Waals surface area contributed by atoms with Gasteiger partial charge in [0.1, 0.15) is 5.75 Å². The maximum Gasteiger partial charge on any atom is 0.318 e. The maximum absolute atomic E-state index is 11.3. The number of nitrogens with one attached hydrogen (secondary N) is 1. The molecule has 92 valence electrons. The van der Waals surface area contributed by atoms with Crippen LogP contribution in [0.2, 0.25) is 0 Å². The van der Waals surface area contributed by atoms with Crippen molar-refractivity contribution in [2.45, 2.75) is 19.6 Å². The second-order valence-electron chi connectivity index (χ2n) is 3.46. The summed E-state index contributed by atoms with van der Waals surface area (Å²) in [4.78, 5) is 21.8. The third kappa shape index (κ3) is 4.12. The van der Waals surface area contributed by atoms with Crippen molar-refractivity contribution in [3.8, 4) is 5.75 Å². The van der Waals surface area contributed by atoms with Gasteiger partial charge in [0.25, 0.3) is 5.91 Å². The van der Waals surface area contributed by atoms with Gasteiger partial charge in [0.05, 0.1) is 0 Å². The van der Waals surface area contributed by atoms with Crippen molar-refractivity contribution in [3.63, 3.8) is 0 Å². The zero-order valence-corrected chi connectivity index (χ0v) is 9.47. The van der Waals surface area contributed by atoms with Gasteiger partial charge in [-0.05, 0) is 24.6 Å². The van der Waals surface area contributed by atoms with Crippen molar-refractivity contribution >= 4 is 11.9 Å². The fourth-order valence-corrected chi connectivity index (χ4v) is 1.18. The first-order valence-electron chi connectivity index (χ1n) is 5.09. The van der Waals surface area contributed by atoms with Crippen LogP contribution >= 0.6 is 0 Å². The van der Waals surface area contributed by atoms with Gasteiger partial charge in [-0.2, -0.15) is 0 Å². The summed E-state index contributed by atoms with van der Waals surface area (Å²) >= 11 is 0. The van der Waals surface area contributed by atoms with Crippen molar-refractivity contribution in [3.05, 3.63) is 29.8 Å². The standard InChI is InChI=1S/C11H15N3O3/c1-7(10(15)14-11(13)16)17-9-4-2-8(6-12)3-5-9/h2-5,7H,6,12H2,1H3,(H3,13,14,15,16). The van der Waals surface area contributed by atoms with E-state index in [2.05, 4.69) is 0 Å². The van der Waals surface area contributed by atoms with E-state index in [1.54, 1.807) is 24.3 Å². The number of carbonyl (C=O) groups excluding carboxylic acids is 2. The van der Waals surface area contributed by atoms with Crippen LogP contribution in [0.25, 0.3) is 0 Å². The van der Waals surface area contributed by atoms with Gasteiger partial charge >= 0.3 is 6.03 Å². The SMILES string of the molecule is CC(Oc1ccc(CN)cc1)C(=O)NC(N)=O. The molecule has 1 aromatic carbocycles. The molecule has 0 aromatic heterocycles. The first kappa shape index (κ1) is 13.0. The molecule has 0 saturated heterocycles. The molecular weight excluding hydrogens is 222 g/mol. The minimum Gasteiger partial charge on any atom is -0.481 e. The Bertz CT molecular complexity index is 403. The second kappa shape index (κ2) is 5.86. The zero-order valence-electron chi connectivity index (χ0n) is 9.47. The van der Waals surface area contributed by atoms with Crippen LogP contribution < -0.4 is 21.5 Å². The Labute approximate surface area is 98.9 Å². The summed E-state index contributed by atoms with van der Waals surface area (Å²) in [6.07, 6.45) is -0.800. The van der Waals surface area contributed by atoms with Gasteiger partial charge in [0.15, 0.2) is 6.10 Å². The number of rotatable bonds is 4. The van der Waals surface area contributed by atoms with E-state index in [0.29, 0.717) is 12.3 Å². The summed E-state index contributed by atoms with van der Waals surface area (Å²) in [6, 6.07) is 6.11. The highest BCUT2D eigenvalue weighted by Gasteiger charge is 2.15. The monoisotopic (exact) mass is 237 g/mol. The average molecular weight is 237 g/mol. The van der Waals surface area contributed by atoms with E-state index in [1.165, 1.54) is 6.92 Å². The molecule has 6 heteroatoms. The van der Waals surface area contributed by atoms with E-state index in [4.69, 9.17) is 16.2 Å². The van der Waals surface area contributed by atoms with Crippen LogP contribution in [0.4, 0.5) is 4.79 Å². The molecule has 6 nitrogen and oxygen atoms in total. The lowest BCUT2D eigenvalue weighted by Crippen LogP contribution is -2.42. The van der Waals surface area contributed by atoms with Gasteiger partial charge in [-0.3, -0.25) is 10.1 Å². The molecule has 1 aromatic rings.